The molecule has 1 heterocycles. The van der Waals surface area contributed by atoms with Gasteiger partial charge in [0.2, 0.25) is 0 Å². The lowest BCUT2D eigenvalue weighted by Crippen LogP contribution is -2.42. The van der Waals surface area contributed by atoms with Gasteiger partial charge in [0, 0.05) is 13.0 Å². The van der Waals surface area contributed by atoms with E-state index < -0.39 is 0 Å². The zero-order valence-corrected chi connectivity index (χ0v) is 7.45. The second-order valence-corrected chi connectivity index (χ2v) is 3.28. The summed E-state index contributed by atoms with van der Waals surface area (Å²) in [5, 5.41) is 8.60. The van der Waals surface area contributed by atoms with Gasteiger partial charge in [-0.05, 0) is 6.92 Å². The molecule has 1 saturated heterocycles. The highest BCUT2D eigenvalue weighted by Gasteiger charge is 2.38. The maximum Gasteiger partial charge on any atom is 0.106 e. The fourth-order valence-electron chi connectivity index (χ4n) is 1.50. The lowest BCUT2D eigenvalue weighted by molar-refractivity contribution is -0.0549. The summed E-state index contributed by atoms with van der Waals surface area (Å²) in [5.74, 6) is 0. The van der Waals surface area contributed by atoms with Gasteiger partial charge in [0.05, 0.1) is 25.9 Å². The number of nitrogens with two attached hydrogens (primary N) is 1. The first-order chi connectivity index (χ1) is 5.72. The van der Waals surface area contributed by atoms with E-state index >= 15 is 0 Å². The minimum absolute atomic E-state index is 0.0378. The molecule has 4 heteroatoms. The third kappa shape index (κ3) is 2.17. The Morgan fingerprint density at radius 1 is 1.75 bits per heavy atom. The molecule has 0 spiro atoms. The third-order valence-electron chi connectivity index (χ3n) is 2.16. The van der Waals surface area contributed by atoms with E-state index in [0.717, 1.165) is 6.42 Å². The molecule has 0 amide bonds. The van der Waals surface area contributed by atoms with Crippen LogP contribution in [0, 0.1) is 0 Å². The maximum atomic E-state index is 8.60. The minimum atomic E-state index is -0.345. The Balaban J connectivity index is 2.41. The summed E-state index contributed by atoms with van der Waals surface area (Å²) in [7, 11) is 0. The van der Waals surface area contributed by atoms with E-state index in [1.54, 1.807) is 0 Å². The lowest BCUT2D eigenvalue weighted by atomic mass is 10.0. The zero-order chi connectivity index (χ0) is 9.03. The Hall–Kier alpha value is -0.160. The summed E-state index contributed by atoms with van der Waals surface area (Å²) in [4.78, 5) is 0. The topological polar surface area (TPSA) is 64.7 Å². The molecule has 0 aromatic rings. The van der Waals surface area contributed by atoms with Crippen LogP contribution in [0.15, 0.2) is 0 Å². The van der Waals surface area contributed by atoms with E-state index in [1.165, 1.54) is 0 Å². The second-order valence-electron chi connectivity index (χ2n) is 3.28. The van der Waals surface area contributed by atoms with Crippen molar-refractivity contribution in [1.29, 1.82) is 0 Å². The van der Waals surface area contributed by atoms with Gasteiger partial charge in [0.15, 0.2) is 0 Å². The van der Waals surface area contributed by atoms with Crippen LogP contribution >= 0.6 is 0 Å². The van der Waals surface area contributed by atoms with Gasteiger partial charge in [-0.3, -0.25) is 0 Å². The van der Waals surface area contributed by atoms with Crippen LogP contribution in [0.25, 0.3) is 0 Å². The molecule has 1 aliphatic rings. The first-order valence-corrected chi connectivity index (χ1v) is 4.29. The van der Waals surface area contributed by atoms with Crippen LogP contribution in [-0.4, -0.2) is 43.2 Å². The third-order valence-corrected chi connectivity index (χ3v) is 2.16. The van der Waals surface area contributed by atoms with Gasteiger partial charge < -0.3 is 20.3 Å². The van der Waals surface area contributed by atoms with Crippen molar-refractivity contribution in [1.82, 2.24) is 0 Å². The average molecular weight is 175 g/mol. The summed E-state index contributed by atoms with van der Waals surface area (Å²) >= 11 is 0. The molecule has 12 heavy (non-hydrogen) atoms. The zero-order valence-electron chi connectivity index (χ0n) is 7.45. The predicted octanol–water partition coefficient (Wildman–Crippen LogP) is -0.498. The summed E-state index contributed by atoms with van der Waals surface area (Å²) in [6.45, 7) is 3.38. The molecule has 2 atom stereocenters. The van der Waals surface area contributed by atoms with Crippen LogP contribution < -0.4 is 5.73 Å². The number of hydrogen-bond donors (Lipinski definition) is 2. The molecule has 0 bridgehead atoms. The van der Waals surface area contributed by atoms with Gasteiger partial charge in [0.1, 0.15) is 5.60 Å². The molecule has 0 radical (unpaired) electrons. The standard InChI is InChI=1S/C8H17NO3/c1-7-4-8(5-9,6-11-7)12-3-2-10/h7,10H,2-6,9H2,1H3. The highest BCUT2D eigenvalue weighted by atomic mass is 16.6. The van der Waals surface area contributed by atoms with Crippen LogP contribution in [0.3, 0.4) is 0 Å². The molecule has 4 nitrogen and oxygen atoms in total. The van der Waals surface area contributed by atoms with E-state index in [1.807, 2.05) is 6.92 Å². The lowest BCUT2D eigenvalue weighted by Gasteiger charge is -2.25. The highest BCUT2D eigenvalue weighted by Crippen LogP contribution is 2.26. The van der Waals surface area contributed by atoms with Gasteiger partial charge in [0.25, 0.3) is 0 Å². The van der Waals surface area contributed by atoms with Crippen molar-refractivity contribution >= 4 is 0 Å². The van der Waals surface area contributed by atoms with Crippen LogP contribution in [0.4, 0.5) is 0 Å². The predicted molar refractivity (Wildman–Crippen MR) is 44.9 cm³/mol. The summed E-state index contributed by atoms with van der Waals surface area (Å²) in [5.41, 5.74) is 5.24. The molecular weight excluding hydrogens is 158 g/mol. The molecule has 0 saturated carbocycles. The van der Waals surface area contributed by atoms with E-state index in [2.05, 4.69) is 0 Å². The van der Waals surface area contributed by atoms with Gasteiger partial charge >= 0.3 is 0 Å². The molecule has 3 N–H and O–H groups in total. The van der Waals surface area contributed by atoms with Crippen molar-refractivity contribution in [2.45, 2.75) is 25.0 Å². The fourth-order valence-corrected chi connectivity index (χ4v) is 1.50. The molecule has 1 aliphatic heterocycles. The molecule has 1 fully saturated rings. The van der Waals surface area contributed by atoms with Crippen molar-refractivity contribution in [3.8, 4) is 0 Å². The average Bonchev–Trinajstić information content (AvgIpc) is 2.45. The first-order valence-electron chi connectivity index (χ1n) is 4.29. The summed E-state index contributed by atoms with van der Waals surface area (Å²) in [6.07, 6.45) is 1.04. The van der Waals surface area contributed by atoms with E-state index in [-0.39, 0.29) is 18.3 Å². The van der Waals surface area contributed by atoms with Crippen LogP contribution in [0.1, 0.15) is 13.3 Å². The largest absolute Gasteiger partial charge is 0.394 e. The van der Waals surface area contributed by atoms with Gasteiger partial charge in [-0.15, -0.1) is 0 Å². The van der Waals surface area contributed by atoms with Crippen LogP contribution in [-0.2, 0) is 9.47 Å². The molecular formula is C8H17NO3. The van der Waals surface area contributed by atoms with Crippen molar-refractivity contribution in [2.75, 3.05) is 26.4 Å². The van der Waals surface area contributed by atoms with Crippen molar-refractivity contribution in [3.05, 3.63) is 0 Å². The minimum Gasteiger partial charge on any atom is -0.394 e. The number of aliphatic hydroxyl groups excluding tert-OH is 1. The Kier molecular flexibility index (Phi) is 3.46. The molecule has 2 unspecified atom stereocenters. The molecule has 0 aromatic carbocycles. The van der Waals surface area contributed by atoms with Crippen molar-refractivity contribution < 1.29 is 14.6 Å². The number of aliphatic hydroxyl groups is 1. The number of ether oxygens (including phenoxy) is 2. The molecule has 0 aromatic heterocycles. The smallest absolute Gasteiger partial charge is 0.106 e. The fraction of sp³-hybridized carbons (Fsp3) is 1.00. The van der Waals surface area contributed by atoms with Gasteiger partial charge in [-0.1, -0.05) is 0 Å². The Bertz CT molecular complexity index is 142. The molecule has 1 rings (SSSR count). The normalized spacial score (nSPS) is 35.8. The Labute approximate surface area is 72.6 Å². The summed E-state index contributed by atoms with van der Waals surface area (Å²) in [6, 6.07) is 0. The molecule has 0 aliphatic carbocycles. The van der Waals surface area contributed by atoms with E-state index in [9.17, 15) is 0 Å². The number of hydrogen-bond acceptors (Lipinski definition) is 4. The van der Waals surface area contributed by atoms with Crippen LogP contribution in [0.5, 0.6) is 0 Å². The Morgan fingerprint density at radius 2 is 2.50 bits per heavy atom. The van der Waals surface area contributed by atoms with E-state index in [4.69, 9.17) is 20.3 Å². The van der Waals surface area contributed by atoms with Gasteiger partial charge in [-0.2, -0.15) is 0 Å². The van der Waals surface area contributed by atoms with Crippen molar-refractivity contribution in [3.63, 3.8) is 0 Å². The van der Waals surface area contributed by atoms with Crippen LogP contribution in [0.2, 0.25) is 0 Å². The van der Waals surface area contributed by atoms with Gasteiger partial charge in [-0.25, -0.2) is 0 Å². The summed E-state index contributed by atoms with van der Waals surface area (Å²) < 4.78 is 10.8. The van der Waals surface area contributed by atoms with E-state index in [0.29, 0.717) is 19.8 Å². The highest BCUT2D eigenvalue weighted by molar-refractivity contribution is 4.89. The molecule has 72 valence electrons. The first kappa shape index (κ1) is 9.92. The quantitative estimate of drug-likeness (QED) is 0.604. The Morgan fingerprint density at radius 3 is 2.92 bits per heavy atom. The SMILES string of the molecule is CC1CC(CN)(OCCO)CO1. The second kappa shape index (κ2) is 4.18. The maximum absolute atomic E-state index is 8.60. The number of rotatable bonds is 4. The van der Waals surface area contributed by atoms with Crippen molar-refractivity contribution in [2.24, 2.45) is 5.73 Å². The monoisotopic (exact) mass is 175 g/mol.